The average Bonchev–Trinajstić information content (AvgIpc) is 3.23. The van der Waals surface area contributed by atoms with Crippen LogP contribution < -0.4 is 10.6 Å². The molecule has 5 nitrogen and oxygen atoms in total. The van der Waals surface area contributed by atoms with Gasteiger partial charge in [0.1, 0.15) is 5.82 Å². The maximum absolute atomic E-state index is 13.0. The van der Waals surface area contributed by atoms with E-state index in [1.165, 1.54) is 12.1 Å². The molecule has 122 valence electrons. The van der Waals surface area contributed by atoms with Gasteiger partial charge >= 0.3 is 6.03 Å². The predicted molar refractivity (Wildman–Crippen MR) is 82.1 cm³/mol. The molecular weight excluding hydrogens is 299 g/mol. The van der Waals surface area contributed by atoms with Crippen molar-refractivity contribution in [3.63, 3.8) is 0 Å². The normalized spacial score (nSPS) is 20.4. The number of urea groups is 1. The Kier molecular flexibility index (Phi) is 4.92. The summed E-state index contributed by atoms with van der Waals surface area (Å²) < 4.78 is 23.7. The highest BCUT2D eigenvalue weighted by molar-refractivity contribution is 5.73. The van der Waals surface area contributed by atoms with E-state index in [0.29, 0.717) is 19.7 Å². The lowest BCUT2D eigenvalue weighted by molar-refractivity contribution is 0.0909. The van der Waals surface area contributed by atoms with E-state index in [9.17, 15) is 9.18 Å². The van der Waals surface area contributed by atoms with Crippen molar-refractivity contribution >= 4 is 6.03 Å². The number of amides is 2. The smallest absolute Gasteiger partial charge is 0.315 e. The van der Waals surface area contributed by atoms with Crippen molar-refractivity contribution in [2.45, 2.75) is 19.1 Å². The third kappa shape index (κ3) is 4.10. The number of carbonyl (C=O) groups is 1. The minimum absolute atomic E-state index is 0.107. The zero-order chi connectivity index (χ0) is 16.1. The van der Waals surface area contributed by atoms with Gasteiger partial charge in [0, 0.05) is 31.2 Å². The molecule has 6 heteroatoms. The van der Waals surface area contributed by atoms with Crippen LogP contribution in [0.1, 0.15) is 23.7 Å². The number of nitrogens with one attached hydrogen (secondary N) is 2. The summed E-state index contributed by atoms with van der Waals surface area (Å²) in [6.07, 6.45) is 3.92. The second kappa shape index (κ2) is 7.28. The monoisotopic (exact) mass is 318 g/mol. The molecule has 2 atom stereocenters. The summed E-state index contributed by atoms with van der Waals surface area (Å²) in [5.74, 6) is -0.0832. The van der Waals surface area contributed by atoms with Gasteiger partial charge in [-0.3, -0.25) is 0 Å². The SMILES string of the molecule is O=C(NCc1ccoc1)NC[C@@H]1CCO[C@H]1c1ccc(F)cc1. The molecule has 0 saturated carbocycles. The molecule has 0 aliphatic carbocycles. The van der Waals surface area contributed by atoms with Crippen LogP contribution in [0.5, 0.6) is 0 Å². The van der Waals surface area contributed by atoms with E-state index >= 15 is 0 Å². The molecule has 1 aromatic heterocycles. The molecule has 2 amide bonds. The van der Waals surface area contributed by atoms with Gasteiger partial charge in [0.2, 0.25) is 0 Å². The predicted octanol–water partition coefficient (Wildman–Crippen LogP) is 3.00. The fourth-order valence-electron chi connectivity index (χ4n) is 2.73. The summed E-state index contributed by atoms with van der Waals surface area (Å²) in [5, 5.41) is 5.63. The van der Waals surface area contributed by atoms with Gasteiger partial charge in [-0.05, 0) is 30.2 Å². The van der Waals surface area contributed by atoms with Crippen molar-refractivity contribution in [3.8, 4) is 0 Å². The highest BCUT2D eigenvalue weighted by Gasteiger charge is 2.29. The van der Waals surface area contributed by atoms with E-state index in [1.54, 1.807) is 30.7 Å². The number of benzene rings is 1. The van der Waals surface area contributed by atoms with Crippen LogP contribution in [0.25, 0.3) is 0 Å². The van der Waals surface area contributed by atoms with Crippen molar-refractivity contribution in [1.29, 1.82) is 0 Å². The van der Waals surface area contributed by atoms with Crippen molar-refractivity contribution in [2.75, 3.05) is 13.2 Å². The van der Waals surface area contributed by atoms with Gasteiger partial charge in [-0.2, -0.15) is 0 Å². The first-order valence-corrected chi connectivity index (χ1v) is 7.62. The van der Waals surface area contributed by atoms with Crippen molar-refractivity contribution in [2.24, 2.45) is 5.92 Å². The molecular formula is C17H19FN2O3. The number of rotatable bonds is 5. The molecule has 2 heterocycles. The molecule has 0 radical (unpaired) electrons. The fourth-order valence-corrected chi connectivity index (χ4v) is 2.73. The van der Waals surface area contributed by atoms with Crippen LogP contribution in [0.3, 0.4) is 0 Å². The van der Waals surface area contributed by atoms with Crippen LogP contribution in [0.15, 0.2) is 47.3 Å². The Morgan fingerprint density at radius 1 is 1.22 bits per heavy atom. The Morgan fingerprint density at radius 2 is 2.04 bits per heavy atom. The van der Waals surface area contributed by atoms with Crippen LogP contribution >= 0.6 is 0 Å². The lowest BCUT2D eigenvalue weighted by Crippen LogP contribution is -2.38. The molecule has 2 N–H and O–H groups in total. The topological polar surface area (TPSA) is 63.5 Å². The second-order valence-electron chi connectivity index (χ2n) is 5.59. The zero-order valence-corrected chi connectivity index (χ0v) is 12.6. The number of ether oxygens (including phenoxy) is 1. The van der Waals surface area contributed by atoms with E-state index < -0.39 is 0 Å². The Bertz CT molecular complexity index is 628. The largest absolute Gasteiger partial charge is 0.472 e. The van der Waals surface area contributed by atoms with Crippen molar-refractivity contribution < 1.29 is 18.3 Å². The van der Waals surface area contributed by atoms with Crippen LogP contribution in [0.2, 0.25) is 0 Å². The van der Waals surface area contributed by atoms with Crippen molar-refractivity contribution in [3.05, 3.63) is 59.8 Å². The summed E-state index contributed by atoms with van der Waals surface area (Å²) in [7, 11) is 0. The molecule has 0 unspecified atom stereocenters. The summed E-state index contributed by atoms with van der Waals surface area (Å²) in [5.41, 5.74) is 1.85. The average molecular weight is 318 g/mol. The number of halogens is 1. The molecule has 2 aromatic rings. The third-order valence-corrected chi connectivity index (χ3v) is 3.97. The lowest BCUT2D eigenvalue weighted by Gasteiger charge is -2.19. The van der Waals surface area contributed by atoms with Crippen LogP contribution in [0, 0.1) is 11.7 Å². The minimum Gasteiger partial charge on any atom is -0.472 e. The standard InChI is InChI=1S/C17H19FN2O3/c18-15-3-1-13(2-4-15)16-14(6-8-23-16)10-20-17(21)19-9-12-5-7-22-11-12/h1-5,7,11,14,16H,6,8-10H2,(H2,19,20,21)/t14-,16-/m0/s1. The lowest BCUT2D eigenvalue weighted by atomic mass is 9.95. The van der Waals surface area contributed by atoms with E-state index in [1.807, 2.05) is 0 Å². The number of furan rings is 1. The maximum Gasteiger partial charge on any atom is 0.315 e. The van der Waals surface area contributed by atoms with Gasteiger partial charge in [-0.25, -0.2) is 9.18 Å². The van der Waals surface area contributed by atoms with Gasteiger partial charge in [0.05, 0.1) is 18.6 Å². The van der Waals surface area contributed by atoms with Crippen molar-refractivity contribution in [1.82, 2.24) is 10.6 Å². The quantitative estimate of drug-likeness (QED) is 0.891. The first-order chi connectivity index (χ1) is 11.2. The van der Waals surface area contributed by atoms with Gasteiger partial charge in [0.15, 0.2) is 0 Å². The van der Waals surface area contributed by atoms with E-state index in [4.69, 9.17) is 9.15 Å². The Hall–Kier alpha value is -2.34. The molecule has 1 fully saturated rings. The molecule has 1 aromatic carbocycles. The molecule has 23 heavy (non-hydrogen) atoms. The van der Waals surface area contributed by atoms with Crippen LogP contribution in [-0.4, -0.2) is 19.2 Å². The van der Waals surface area contributed by atoms with Gasteiger partial charge < -0.3 is 19.8 Å². The van der Waals surface area contributed by atoms with Gasteiger partial charge in [-0.15, -0.1) is 0 Å². The summed E-state index contributed by atoms with van der Waals surface area (Å²) in [4.78, 5) is 11.8. The number of hydrogen-bond donors (Lipinski definition) is 2. The summed E-state index contributed by atoms with van der Waals surface area (Å²) in [6, 6.07) is 7.90. The first-order valence-electron chi connectivity index (χ1n) is 7.62. The molecule has 0 spiro atoms. The summed E-state index contributed by atoms with van der Waals surface area (Å²) in [6.45, 7) is 1.58. The molecule has 1 saturated heterocycles. The zero-order valence-electron chi connectivity index (χ0n) is 12.6. The molecule has 0 bridgehead atoms. The Balaban J connectivity index is 1.48. The molecule has 1 aliphatic rings. The highest BCUT2D eigenvalue weighted by Crippen LogP contribution is 2.34. The minimum atomic E-state index is -0.264. The Morgan fingerprint density at radius 3 is 2.78 bits per heavy atom. The number of hydrogen-bond acceptors (Lipinski definition) is 3. The van der Waals surface area contributed by atoms with E-state index in [2.05, 4.69) is 10.6 Å². The van der Waals surface area contributed by atoms with E-state index in [-0.39, 0.29) is 23.9 Å². The fraction of sp³-hybridized carbons (Fsp3) is 0.353. The molecule has 1 aliphatic heterocycles. The van der Waals surface area contributed by atoms with Crippen LogP contribution in [0.4, 0.5) is 9.18 Å². The second-order valence-corrected chi connectivity index (χ2v) is 5.59. The van der Waals surface area contributed by atoms with E-state index in [0.717, 1.165) is 17.5 Å². The van der Waals surface area contributed by atoms with Crippen LogP contribution in [-0.2, 0) is 11.3 Å². The maximum atomic E-state index is 13.0. The van der Waals surface area contributed by atoms with Gasteiger partial charge in [0.25, 0.3) is 0 Å². The molecule has 3 rings (SSSR count). The Labute approximate surface area is 133 Å². The summed E-state index contributed by atoms with van der Waals surface area (Å²) >= 11 is 0. The van der Waals surface area contributed by atoms with Gasteiger partial charge in [-0.1, -0.05) is 12.1 Å². The first kappa shape index (κ1) is 15.6. The highest BCUT2D eigenvalue weighted by atomic mass is 19.1. The third-order valence-electron chi connectivity index (χ3n) is 3.97. The number of carbonyl (C=O) groups excluding carboxylic acids is 1.